The summed E-state index contributed by atoms with van der Waals surface area (Å²) in [6.07, 6.45) is 0. The molecular weight excluding hydrogens is 374 g/mol. The molecule has 1 atom stereocenters. The molecule has 0 fully saturated rings. The summed E-state index contributed by atoms with van der Waals surface area (Å²) in [4.78, 5) is 28.1. The van der Waals surface area contributed by atoms with Gasteiger partial charge < -0.3 is 29.8 Å². The van der Waals surface area contributed by atoms with Crippen molar-refractivity contribution in [3.05, 3.63) is 48.2 Å². The third-order valence-electron chi connectivity index (χ3n) is 4.64. The van der Waals surface area contributed by atoms with Gasteiger partial charge in [-0.25, -0.2) is 0 Å². The fourth-order valence-corrected chi connectivity index (χ4v) is 3.14. The molecule has 1 aliphatic rings. The maximum Gasteiger partial charge on any atom is 0.268 e. The average molecular weight is 395 g/mol. The number of carbonyl (C=O) groups excluding carboxylic acids is 2. The van der Waals surface area contributed by atoms with Gasteiger partial charge in [0.1, 0.15) is 30.7 Å². The van der Waals surface area contributed by atoms with E-state index in [-0.39, 0.29) is 11.8 Å². The summed E-state index contributed by atoms with van der Waals surface area (Å²) in [6.45, 7) is 2.59. The minimum Gasteiger partial charge on any atom is -0.496 e. The van der Waals surface area contributed by atoms with E-state index in [1.807, 2.05) is 18.2 Å². The van der Waals surface area contributed by atoms with E-state index in [9.17, 15) is 9.59 Å². The number of hydrogen-bond donors (Lipinski definition) is 3. The van der Waals surface area contributed by atoms with E-state index in [4.69, 9.17) is 14.2 Å². The first-order valence-electron chi connectivity index (χ1n) is 9.22. The second-order valence-electron chi connectivity index (χ2n) is 6.65. The number of aromatic amines is 1. The van der Waals surface area contributed by atoms with Gasteiger partial charge in [-0.05, 0) is 37.3 Å². The number of ether oxygens (including phenoxy) is 3. The Bertz CT molecular complexity index is 1080. The molecule has 0 saturated heterocycles. The molecule has 1 unspecified atom stereocenters. The van der Waals surface area contributed by atoms with Gasteiger partial charge >= 0.3 is 0 Å². The molecule has 8 heteroatoms. The lowest BCUT2D eigenvalue weighted by Gasteiger charge is -2.19. The van der Waals surface area contributed by atoms with Crippen molar-refractivity contribution in [2.75, 3.05) is 25.6 Å². The van der Waals surface area contributed by atoms with Crippen molar-refractivity contribution in [3.63, 3.8) is 0 Å². The van der Waals surface area contributed by atoms with E-state index in [0.29, 0.717) is 41.8 Å². The molecule has 2 amide bonds. The van der Waals surface area contributed by atoms with E-state index in [2.05, 4.69) is 15.6 Å². The normalized spacial score (nSPS) is 13.6. The minimum absolute atomic E-state index is 0.344. The largest absolute Gasteiger partial charge is 0.496 e. The molecule has 0 spiro atoms. The second-order valence-corrected chi connectivity index (χ2v) is 6.65. The highest BCUT2D eigenvalue weighted by molar-refractivity contribution is 6.03. The summed E-state index contributed by atoms with van der Waals surface area (Å²) >= 11 is 0. The molecule has 0 radical (unpaired) electrons. The van der Waals surface area contributed by atoms with Crippen LogP contribution in [0.2, 0.25) is 0 Å². The van der Waals surface area contributed by atoms with Crippen LogP contribution in [0, 0.1) is 0 Å². The van der Waals surface area contributed by atoms with E-state index >= 15 is 0 Å². The maximum absolute atomic E-state index is 12.6. The zero-order valence-electron chi connectivity index (χ0n) is 16.1. The van der Waals surface area contributed by atoms with Crippen LogP contribution in [0.3, 0.4) is 0 Å². The highest BCUT2D eigenvalue weighted by Crippen LogP contribution is 2.32. The topological polar surface area (TPSA) is 102 Å². The van der Waals surface area contributed by atoms with E-state index < -0.39 is 6.04 Å². The van der Waals surface area contributed by atoms with Crippen LogP contribution in [0.5, 0.6) is 17.2 Å². The zero-order valence-corrected chi connectivity index (χ0v) is 16.1. The van der Waals surface area contributed by atoms with Crippen LogP contribution in [0.1, 0.15) is 17.4 Å². The minimum atomic E-state index is -0.746. The standard InChI is InChI=1S/C21H21N3O5/c1-12(20(25)23-13-6-7-18-19(10-13)29-9-8-28-18)22-21(26)16-11-14-15(24-16)4-3-5-17(14)27-2/h3-7,10-12,24H,8-9H2,1-2H3,(H,22,26)(H,23,25). The SMILES string of the molecule is COc1cccc2[nH]c(C(=O)NC(C)C(=O)Nc3ccc4c(c3)OCCO4)cc12. The Morgan fingerprint density at radius 2 is 1.90 bits per heavy atom. The lowest BCUT2D eigenvalue weighted by molar-refractivity contribution is -0.117. The number of rotatable bonds is 5. The zero-order chi connectivity index (χ0) is 20.4. The summed E-state index contributed by atoms with van der Waals surface area (Å²) in [5.41, 5.74) is 1.70. The predicted molar refractivity (Wildman–Crippen MR) is 108 cm³/mol. The van der Waals surface area contributed by atoms with Crippen molar-refractivity contribution >= 4 is 28.4 Å². The van der Waals surface area contributed by atoms with Gasteiger partial charge in [-0.1, -0.05) is 6.07 Å². The van der Waals surface area contributed by atoms with E-state index in [1.165, 1.54) is 0 Å². The monoisotopic (exact) mass is 395 g/mol. The molecule has 0 aliphatic carbocycles. The third-order valence-corrected chi connectivity index (χ3v) is 4.64. The average Bonchev–Trinajstić information content (AvgIpc) is 3.18. The van der Waals surface area contributed by atoms with Gasteiger partial charge in [0.05, 0.1) is 7.11 Å². The van der Waals surface area contributed by atoms with Crippen LogP contribution >= 0.6 is 0 Å². The van der Waals surface area contributed by atoms with Gasteiger partial charge in [0.2, 0.25) is 5.91 Å². The Hall–Kier alpha value is -3.68. The molecule has 8 nitrogen and oxygen atoms in total. The number of aromatic nitrogens is 1. The van der Waals surface area contributed by atoms with Crippen LogP contribution in [0.25, 0.3) is 10.9 Å². The summed E-state index contributed by atoms with van der Waals surface area (Å²) in [6, 6.07) is 11.6. The fourth-order valence-electron chi connectivity index (χ4n) is 3.14. The Balaban J connectivity index is 1.42. The van der Waals surface area contributed by atoms with Crippen molar-refractivity contribution in [1.82, 2.24) is 10.3 Å². The number of anilines is 1. The number of nitrogens with one attached hydrogen (secondary N) is 3. The first-order chi connectivity index (χ1) is 14.0. The quantitative estimate of drug-likeness (QED) is 0.617. The lowest BCUT2D eigenvalue weighted by Crippen LogP contribution is -2.41. The molecule has 4 rings (SSSR count). The Morgan fingerprint density at radius 3 is 2.69 bits per heavy atom. The van der Waals surface area contributed by atoms with Gasteiger partial charge in [0, 0.05) is 22.7 Å². The van der Waals surface area contributed by atoms with Crippen LogP contribution in [-0.2, 0) is 4.79 Å². The Labute approximate surface area is 167 Å². The van der Waals surface area contributed by atoms with Crippen LogP contribution in [0.15, 0.2) is 42.5 Å². The molecule has 1 aliphatic heterocycles. The Morgan fingerprint density at radius 1 is 1.10 bits per heavy atom. The molecule has 0 bridgehead atoms. The molecule has 3 N–H and O–H groups in total. The molecule has 150 valence electrons. The van der Waals surface area contributed by atoms with Crippen LogP contribution < -0.4 is 24.8 Å². The number of benzene rings is 2. The second kappa shape index (κ2) is 7.75. The van der Waals surface area contributed by atoms with Crippen LogP contribution in [-0.4, -0.2) is 43.2 Å². The van der Waals surface area contributed by atoms with Gasteiger partial charge in [-0.15, -0.1) is 0 Å². The van der Waals surface area contributed by atoms with E-state index in [1.54, 1.807) is 38.3 Å². The van der Waals surface area contributed by atoms with Gasteiger partial charge in [-0.3, -0.25) is 9.59 Å². The molecular formula is C21H21N3O5. The summed E-state index contributed by atoms with van der Waals surface area (Å²) in [7, 11) is 1.58. The molecule has 1 aromatic heterocycles. The van der Waals surface area contributed by atoms with Crippen LogP contribution in [0.4, 0.5) is 5.69 Å². The summed E-state index contributed by atoms with van der Waals surface area (Å²) < 4.78 is 16.3. The number of amides is 2. The molecule has 29 heavy (non-hydrogen) atoms. The highest BCUT2D eigenvalue weighted by atomic mass is 16.6. The maximum atomic E-state index is 12.6. The van der Waals surface area contributed by atoms with Crippen molar-refractivity contribution in [1.29, 1.82) is 0 Å². The highest BCUT2D eigenvalue weighted by Gasteiger charge is 2.20. The number of carbonyl (C=O) groups is 2. The summed E-state index contributed by atoms with van der Waals surface area (Å²) in [5, 5.41) is 6.27. The smallest absolute Gasteiger partial charge is 0.268 e. The molecule has 0 saturated carbocycles. The fraction of sp³-hybridized carbons (Fsp3) is 0.238. The van der Waals surface area contributed by atoms with Crippen molar-refractivity contribution in [2.45, 2.75) is 13.0 Å². The van der Waals surface area contributed by atoms with Gasteiger partial charge in [-0.2, -0.15) is 0 Å². The molecule has 3 aromatic rings. The number of hydrogen-bond acceptors (Lipinski definition) is 5. The summed E-state index contributed by atoms with van der Waals surface area (Å²) in [5.74, 6) is 1.17. The molecule has 2 heterocycles. The lowest BCUT2D eigenvalue weighted by atomic mass is 10.2. The van der Waals surface area contributed by atoms with Gasteiger partial charge in [0.15, 0.2) is 11.5 Å². The number of H-pyrrole nitrogens is 1. The number of fused-ring (bicyclic) bond motifs is 2. The molecule has 2 aromatic carbocycles. The third kappa shape index (κ3) is 3.82. The first-order valence-corrected chi connectivity index (χ1v) is 9.22. The predicted octanol–water partition coefficient (Wildman–Crippen LogP) is 2.70. The van der Waals surface area contributed by atoms with Crippen molar-refractivity contribution in [2.24, 2.45) is 0 Å². The van der Waals surface area contributed by atoms with Crippen molar-refractivity contribution < 1.29 is 23.8 Å². The van der Waals surface area contributed by atoms with Crippen molar-refractivity contribution in [3.8, 4) is 17.2 Å². The van der Waals surface area contributed by atoms with E-state index in [0.717, 1.165) is 10.9 Å². The first kappa shape index (κ1) is 18.7. The Kier molecular flexibility index (Phi) is 4.99. The number of methoxy groups -OCH3 is 1. The van der Waals surface area contributed by atoms with Gasteiger partial charge in [0.25, 0.3) is 5.91 Å².